The van der Waals surface area contributed by atoms with Gasteiger partial charge in [0.2, 0.25) is 16.0 Å². The fourth-order valence-corrected chi connectivity index (χ4v) is 8.76. The lowest BCUT2D eigenvalue weighted by Crippen LogP contribution is -2.57. The van der Waals surface area contributed by atoms with Gasteiger partial charge in [-0.15, -0.1) is 4.83 Å². The van der Waals surface area contributed by atoms with E-state index in [1.807, 2.05) is 0 Å². The van der Waals surface area contributed by atoms with Gasteiger partial charge in [0.1, 0.15) is 35.2 Å². The second-order valence-electron chi connectivity index (χ2n) is 13.0. The van der Waals surface area contributed by atoms with Crippen LogP contribution in [0.3, 0.4) is 0 Å². The summed E-state index contributed by atoms with van der Waals surface area (Å²) in [5, 5.41) is 27.1. The zero-order valence-electron chi connectivity index (χ0n) is 27.6. The Morgan fingerprint density at radius 1 is 1.22 bits per heavy atom. The number of rotatable bonds is 13. The number of ether oxygens (including phenoxy) is 2. The first-order chi connectivity index (χ1) is 23.5. The van der Waals surface area contributed by atoms with Gasteiger partial charge < -0.3 is 29.9 Å². The maximum atomic E-state index is 14.5. The van der Waals surface area contributed by atoms with Crippen LogP contribution in [0.25, 0.3) is 11.2 Å². The molecule has 3 aromatic rings. The molecule has 6 rings (SSSR count). The van der Waals surface area contributed by atoms with Gasteiger partial charge in [-0.25, -0.2) is 18.0 Å². The van der Waals surface area contributed by atoms with Gasteiger partial charge in [-0.2, -0.15) is 15.1 Å². The van der Waals surface area contributed by atoms with Crippen LogP contribution in [0, 0.1) is 0 Å². The largest absolute Gasteiger partial charge is 0.461 e. The number of fused-ring (bicyclic) bond motifs is 1. The number of halogens is 1. The number of anilines is 2. The van der Waals surface area contributed by atoms with Gasteiger partial charge in [0.25, 0.3) is 0 Å². The molecule has 2 aromatic heterocycles. The lowest BCUT2D eigenvalue weighted by Gasteiger charge is -2.41. The fourth-order valence-electron chi connectivity index (χ4n) is 6.30. The van der Waals surface area contributed by atoms with E-state index in [2.05, 4.69) is 24.9 Å². The van der Waals surface area contributed by atoms with Gasteiger partial charge in [0, 0.05) is 12.1 Å². The van der Waals surface area contributed by atoms with E-state index in [4.69, 9.17) is 35.9 Å². The number of hydrazine groups is 1. The highest BCUT2D eigenvalue weighted by atomic mass is 35.5. The Hall–Kier alpha value is -3.13. The zero-order valence-corrected chi connectivity index (χ0v) is 30.0. The van der Waals surface area contributed by atoms with Crippen LogP contribution in [0.15, 0.2) is 30.6 Å². The number of hydrogen-bond acceptors (Lipinski definition) is 15. The maximum Gasteiger partial charge on any atom is 0.459 e. The summed E-state index contributed by atoms with van der Waals surface area (Å²) in [5.41, 5.74) is 2.79. The molecule has 1 aliphatic heterocycles. The first kappa shape index (κ1) is 36.7. The van der Waals surface area contributed by atoms with Crippen molar-refractivity contribution in [2.45, 2.75) is 87.5 Å². The Bertz CT molecular complexity index is 1890. The molecule has 2 aliphatic carbocycles. The minimum atomic E-state index is -4.41. The summed E-state index contributed by atoms with van der Waals surface area (Å²) in [7, 11) is -6.71. The van der Waals surface area contributed by atoms with Crippen LogP contribution in [0.2, 0.25) is 5.02 Å². The Morgan fingerprint density at radius 2 is 1.90 bits per heavy atom. The van der Waals surface area contributed by atoms with Crippen molar-refractivity contribution in [1.82, 2.24) is 29.4 Å². The molecule has 3 fully saturated rings. The van der Waals surface area contributed by atoms with Gasteiger partial charge in [-0.1, -0.05) is 11.6 Å². The molecule has 0 amide bonds. The van der Waals surface area contributed by atoms with Crippen LogP contribution in [0.5, 0.6) is 5.75 Å². The summed E-state index contributed by atoms with van der Waals surface area (Å²) in [6.07, 6.45) is 2.57. The standard InChI is InChI=1S/C29H40ClN8O10PS/c1-28(41)22(39)20(47-25(28)38-16-32-21-23(33-27(31)34-24(21)38)37(2)36-50(3,43)44)15-45-49(42,48-19-11-9-17(30)10-12-19)35-29(13-6-14-29)26(40)46-18-7-4-5-8-18/h9-12,16,18,20,22,25,36,39,41H,4-8,13-15H2,1-3H3,(H,35,42)(H2,31,33,34)/t20?,22-,25?,28-,49?/m1/s1. The lowest BCUT2D eigenvalue weighted by atomic mass is 9.78. The fraction of sp³-hybridized carbons (Fsp3) is 0.586. The third-order valence-corrected chi connectivity index (χ3v) is 11.5. The minimum Gasteiger partial charge on any atom is -0.461 e. The molecule has 2 saturated carbocycles. The number of nitrogens with zero attached hydrogens (tertiary/aromatic N) is 5. The molecular formula is C29H40ClN8O10PS. The van der Waals surface area contributed by atoms with E-state index in [9.17, 15) is 28.0 Å². The number of aliphatic hydroxyl groups excluding tert-OH is 1. The molecule has 6 N–H and O–H groups in total. The van der Waals surface area contributed by atoms with Gasteiger partial charge >= 0.3 is 13.7 Å². The third kappa shape index (κ3) is 7.56. The van der Waals surface area contributed by atoms with Crippen molar-refractivity contribution in [3.8, 4) is 5.75 Å². The van der Waals surface area contributed by atoms with Gasteiger partial charge in [0.15, 0.2) is 23.2 Å². The van der Waals surface area contributed by atoms with Crippen molar-refractivity contribution in [2.24, 2.45) is 0 Å². The summed E-state index contributed by atoms with van der Waals surface area (Å²) >= 11 is 6.03. The summed E-state index contributed by atoms with van der Waals surface area (Å²) < 4.78 is 63.1. The van der Waals surface area contributed by atoms with Gasteiger partial charge in [-0.3, -0.25) is 18.9 Å². The lowest BCUT2D eigenvalue weighted by molar-refractivity contribution is -0.160. The number of benzene rings is 1. The van der Waals surface area contributed by atoms with Gasteiger partial charge in [0.05, 0.1) is 19.2 Å². The average molecular weight is 759 g/mol. The van der Waals surface area contributed by atoms with Crippen LogP contribution in [0.4, 0.5) is 11.8 Å². The van der Waals surface area contributed by atoms with Crippen LogP contribution >= 0.6 is 19.3 Å². The molecule has 0 bridgehead atoms. The Morgan fingerprint density at radius 3 is 2.52 bits per heavy atom. The predicted octanol–water partition coefficient (Wildman–Crippen LogP) is 2.17. The Kier molecular flexibility index (Phi) is 10.1. The molecule has 0 radical (unpaired) electrons. The highest BCUT2D eigenvalue weighted by Crippen LogP contribution is 2.52. The molecule has 50 heavy (non-hydrogen) atoms. The molecule has 21 heteroatoms. The number of nitrogen functional groups attached to an aromatic ring is 1. The van der Waals surface area contributed by atoms with E-state index in [-0.39, 0.29) is 34.8 Å². The van der Waals surface area contributed by atoms with E-state index in [1.54, 1.807) is 0 Å². The number of aliphatic hydroxyl groups is 2. The average Bonchev–Trinajstić information content (AvgIpc) is 3.73. The molecule has 3 aliphatic rings. The summed E-state index contributed by atoms with van der Waals surface area (Å²) in [4.78, 5) is 28.3. The topological polar surface area (TPSA) is 243 Å². The van der Waals surface area contributed by atoms with E-state index in [0.717, 1.165) is 36.9 Å². The van der Waals surface area contributed by atoms with Crippen molar-refractivity contribution in [3.63, 3.8) is 0 Å². The van der Waals surface area contributed by atoms with Crippen molar-refractivity contribution in [1.29, 1.82) is 0 Å². The molecule has 3 heterocycles. The van der Waals surface area contributed by atoms with Gasteiger partial charge in [-0.05, 0) is 76.1 Å². The number of hydrogen-bond donors (Lipinski definition) is 5. The predicted molar refractivity (Wildman–Crippen MR) is 180 cm³/mol. The molecule has 274 valence electrons. The molecule has 3 unspecified atom stereocenters. The monoisotopic (exact) mass is 758 g/mol. The number of nitrogens with one attached hydrogen (secondary N) is 2. The smallest absolute Gasteiger partial charge is 0.459 e. The van der Waals surface area contributed by atoms with Crippen molar-refractivity contribution in [3.05, 3.63) is 35.6 Å². The first-order valence-electron chi connectivity index (χ1n) is 16.0. The normalized spacial score (nSPS) is 26.4. The SMILES string of the molecule is CN(NS(C)(=O)=O)c1nc(N)nc2c1ncn2C1OC(COP(=O)(NC2(C(=O)OC3CCCC3)CCC2)Oc2ccc(Cl)cc2)[C@@H](O)[C@@]1(C)O. The molecule has 5 atom stereocenters. The summed E-state index contributed by atoms with van der Waals surface area (Å²) in [6, 6.07) is 6.04. The zero-order chi connectivity index (χ0) is 36.1. The molecule has 1 aromatic carbocycles. The molecular weight excluding hydrogens is 719 g/mol. The van der Waals surface area contributed by atoms with Crippen LogP contribution in [-0.4, -0.2) is 93.5 Å². The quantitative estimate of drug-likeness (QED) is 0.0953. The maximum absolute atomic E-state index is 14.5. The van der Waals surface area contributed by atoms with Crippen molar-refractivity contribution >= 4 is 58.3 Å². The number of imidazole rings is 1. The first-order valence-corrected chi connectivity index (χ1v) is 19.8. The van der Waals surface area contributed by atoms with Crippen molar-refractivity contribution < 1.29 is 46.5 Å². The second-order valence-corrected chi connectivity index (χ2v) is 16.9. The number of esters is 1. The van der Waals surface area contributed by atoms with Crippen LogP contribution < -0.4 is 25.2 Å². The molecule has 1 saturated heterocycles. The van der Waals surface area contributed by atoms with E-state index in [1.165, 1.54) is 49.1 Å². The number of sulfonamides is 1. The number of carbonyl (C=O) groups is 1. The third-order valence-electron chi connectivity index (χ3n) is 9.02. The highest BCUT2D eigenvalue weighted by molar-refractivity contribution is 7.88. The highest BCUT2D eigenvalue weighted by Gasteiger charge is 2.56. The van der Waals surface area contributed by atoms with E-state index >= 15 is 0 Å². The minimum absolute atomic E-state index is 0.0116. The number of nitrogens with two attached hydrogens (primary N) is 1. The summed E-state index contributed by atoms with van der Waals surface area (Å²) in [6.45, 7) is 0.761. The second kappa shape index (κ2) is 13.8. The van der Waals surface area contributed by atoms with Crippen LogP contribution in [-0.2, 0) is 33.4 Å². The van der Waals surface area contributed by atoms with E-state index < -0.39 is 59.9 Å². The number of carbonyl (C=O) groups excluding carboxylic acids is 1. The van der Waals surface area contributed by atoms with E-state index in [0.29, 0.717) is 24.3 Å². The number of aromatic nitrogens is 4. The molecule has 18 nitrogen and oxygen atoms in total. The van der Waals surface area contributed by atoms with Crippen LogP contribution in [0.1, 0.15) is 58.1 Å². The Balaban J connectivity index is 1.25. The molecule has 0 spiro atoms. The Labute approximate surface area is 293 Å². The summed E-state index contributed by atoms with van der Waals surface area (Å²) in [5.74, 6) is -0.631. The van der Waals surface area contributed by atoms with Crippen molar-refractivity contribution in [2.75, 3.05) is 30.7 Å².